The van der Waals surface area contributed by atoms with Crippen LogP contribution in [0.4, 0.5) is 5.69 Å². The highest BCUT2D eigenvalue weighted by Gasteiger charge is 2.17. The first-order chi connectivity index (χ1) is 14.4. The molecule has 1 aromatic heterocycles. The first-order valence-electron chi connectivity index (χ1n) is 9.80. The second-order valence-corrected chi connectivity index (χ2v) is 7.32. The van der Waals surface area contributed by atoms with Crippen LogP contribution in [0.5, 0.6) is 0 Å². The molecule has 8 heteroatoms. The van der Waals surface area contributed by atoms with Crippen LogP contribution < -0.4 is 16.2 Å². The van der Waals surface area contributed by atoms with Crippen LogP contribution in [0, 0.1) is 25.2 Å². The van der Waals surface area contributed by atoms with Gasteiger partial charge in [0.2, 0.25) is 5.91 Å². The summed E-state index contributed by atoms with van der Waals surface area (Å²) in [7, 11) is 0. The number of aryl methyl sites for hydroxylation is 2. The van der Waals surface area contributed by atoms with Crippen LogP contribution in [0.3, 0.4) is 0 Å². The lowest BCUT2D eigenvalue weighted by molar-refractivity contribution is -0.116. The summed E-state index contributed by atoms with van der Waals surface area (Å²) in [5.41, 5.74) is 1.57. The van der Waals surface area contributed by atoms with Gasteiger partial charge >= 0.3 is 0 Å². The standard InChI is InChI=1S/C22H24N4O4/c1-14-9-15(2)26(22(29)19(14)11-23)13-20(27)25-17-6-3-5-16(10-17)21(28)24-12-18-7-4-8-30-18/h3,5-6,9-10,18H,4,7-8,12-13H2,1-2H3,(H,24,28)(H,25,27)/t18-/m1/s1. The van der Waals surface area contributed by atoms with Crippen LogP contribution in [-0.2, 0) is 16.1 Å². The van der Waals surface area contributed by atoms with E-state index < -0.39 is 11.5 Å². The van der Waals surface area contributed by atoms with Gasteiger partial charge in [-0.05, 0) is 56.5 Å². The predicted octanol–water partition coefficient (Wildman–Crippen LogP) is 1.88. The highest BCUT2D eigenvalue weighted by atomic mass is 16.5. The monoisotopic (exact) mass is 408 g/mol. The Bertz CT molecular complexity index is 1060. The van der Waals surface area contributed by atoms with Crippen molar-refractivity contribution in [3.63, 3.8) is 0 Å². The van der Waals surface area contributed by atoms with Gasteiger partial charge in [-0.3, -0.25) is 14.4 Å². The number of pyridine rings is 1. The molecule has 0 aliphatic carbocycles. The molecule has 1 aliphatic heterocycles. The maximum absolute atomic E-state index is 12.5. The van der Waals surface area contributed by atoms with Gasteiger partial charge in [-0.1, -0.05) is 6.07 Å². The SMILES string of the molecule is Cc1cc(C)n(CC(=O)Nc2cccc(C(=O)NC[C@H]3CCCO3)c2)c(=O)c1C#N. The van der Waals surface area contributed by atoms with Crippen molar-refractivity contribution in [2.75, 3.05) is 18.5 Å². The third-order valence-electron chi connectivity index (χ3n) is 5.04. The van der Waals surface area contributed by atoms with E-state index in [-0.39, 0.29) is 24.1 Å². The molecule has 2 heterocycles. The largest absolute Gasteiger partial charge is 0.376 e. The van der Waals surface area contributed by atoms with E-state index in [4.69, 9.17) is 10.00 Å². The summed E-state index contributed by atoms with van der Waals surface area (Å²) >= 11 is 0. The molecule has 1 atom stereocenters. The number of carbonyl (C=O) groups excluding carboxylic acids is 2. The van der Waals surface area contributed by atoms with Crippen molar-refractivity contribution in [3.05, 3.63) is 63.1 Å². The van der Waals surface area contributed by atoms with E-state index >= 15 is 0 Å². The number of nitriles is 1. The molecule has 1 saturated heterocycles. The Balaban J connectivity index is 1.66. The quantitative estimate of drug-likeness (QED) is 0.758. The molecule has 0 unspecified atom stereocenters. The highest BCUT2D eigenvalue weighted by molar-refractivity contribution is 5.97. The molecule has 1 aromatic carbocycles. The summed E-state index contributed by atoms with van der Waals surface area (Å²) in [5, 5.41) is 14.7. The van der Waals surface area contributed by atoms with Gasteiger partial charge in [0.1, 0.15) is 18.2 Å². The van der Waals surface area contributed by atoms with Gasteiger partial charge in [-0.15, -0.1) is 0 Å². The minimum Gasteiger partial charge on any atom is -0.376 e. The van der Waals surface area contributed by atoms with Crippen LogP contribution in [0.2, 0.25) is 0 Å². The van der Waals surface area contributed by atoms with Crippen LogP contribution in [0.1, 0.15) is 40.0 Å². The predicted molar refractivity (Wildman–Crippen MR) is 111 cm³/mol. The molecule has 30 heavy (non-hydrogen) atoms. The van der Waals surface area contributed by atoms with E-state index in [1.54, 1.807) is 44.2 Å². The number of aromatic nitrogens is 1. The summed E-state index contributed by atoms with van der Waals surface area (Å²) in [5.74, 6) is -0.671. The van der Waals surface area contributed by atoms with Gasteiger partial charge in [0, 0.05) is 30.1 Å². The number of benzene rings is 1. The lowest BCUT2D eigenvalue weighted by atomic mass is 10.1. The molecule has 2 amide bonds. The molecule has 8 nitrogen and oxygen atoms in total. The Labute approximate surface area is 174 Å². The average Bonchev–Trinajstić information content (AvgIpc) is 3.23. The molecule has 0 bridgehead atoms. The zero-order chi connectivity index (χ0) is 21.7. The highest BCUT2D eigenvalue weighted by Crippen LogP contribution is 2.13. The van der Waals surface area contributed by atoms with Crippen molar-refractivity contribution in [1.29, 1.82) is 5.26 Å². The number of amides is 2. The molecular formula is C22H24N4O4. The summed E-state index contributed by atoms with van der Waals surface area (Å²) in [6.07, 6.45) is 1.98. The first kappa shape index (κ1) is 21.3. The number of hydrogen-bond acceptors (Lipinski definition) is 5. The maximum Gasteiger partial charge on any atom is 0.269 e. The van der Waals surface area contributed by atoms with E-state index in [0.29, 0.717) is 29.1 Å². The summed E-state index contributed by atoms with van der Waals surface area (Å²) < 4.78 is 6.76. The van der Waals surface area contributed by atoms with Crippen molar-refractivity contribution in [1.82, 2.24) is 9.88 Å². The topological polar surface area (TPSA) is 113 Å². The maximum atomic E-state index is 12.5. The fourth-order valence-electron chi connectivity index (χ4n) is 3.46. The normalized spacial score (nSPS) is 15.4. The summed E-state index contributed by atoms with van der Waals surface area (Å²) in [4.78, 5) is 37.3. The van der Waals surface area contributed by atoms with Gasteiger partial charge in [-0.25, -0.2) is 0 Å². The second kappa shape index (κ2) is 9.37. The third-order valence-corrected chi connectivity index (χ3v) is 5.04. The van der Waals surface area contributed by atoms with Crippen LogP contribution in [-0.4, -0.2) is 35.6 Å². The number of rotatable bonds is 6. The van der Waals surface area contributed by atoms with E-state index in [2.05, 4.69) is 10.6 Å². The van der Waals surface area contributed by atoms with Crippen LogP contribution in [0.15, 0.2) is 35.1 Å². The average molecular weight is 408 g/mol. The molecule has 156 valence electrons. The number of hydrogen-bond donors (Lipinski definition) is 2. The molecule has 0 radical (unpaired) electrons. The summed E-state index contributed by atoms with van der Waals surface area (Å²) in [6.45, 7) is 4.34. The lowest BCUT2D eigenvalue weighted by Gasteiger charge is -2.13. The Morgan fingerprint density at radius 1 is 1.30 bits per heavy atom. The minimum absolute atomic E-state index is 0.0262. The van der Waals surface area contributed by atoms with Crippen molar-refractivity contribution in [2.24, 2.45) is 0 Å². The molecule has 0 saturated carbocycles. The Morgan fingerprint density at radius 3 is 2.80 bits per heavy atom. The zero-order valence-electron chi connectivity index (χ0n) is 17.0. The van der Waals surface area contributed by atoms with Gasteiger partial charge < -0.3 is 19.9 Å². The molecule has 2 N–H and O–H groups in total. The van der Waals surface area contributed by atoms with Crippen molar-refractivity contribution < 1.29 is 14.3 Å². The van der Waals surface area contributed by atoms with Crippen molar-refractivity contribution in [3.8, 4) is 6.07 Å². The number of carbonyl (C=O) groups is 2. The Morgan fingerprint density at radius 2 is 2.10 bits per heavy atom. The summed E-state index contributed by atoms with van der Waals surface area (Å²) in [6, 6.07) is 10.2. The van der Waals surface area contributed by atoms with Gasteiger partial charge in [0.25, 0.3) is 11.5 Å². The van der Waals surface area contributed by atoms with Gasteiger partial charge in [0.05, 0.1) is 6.10 Å². The van der Waals surface area contributed by atoms with E-state index in [1.165, 1.54) is 4.57 Å². The second-order valence-electron chi connectivity index (χ2n) is 7.32. The minimum atomic E-state index is -0.493. The number of nitrogens with zero attached hydrogens (tertiary/aromatic N) is 2. The zero-order valence-corrected chi connectivity index (χ0v) is 17.0. The van der Waals surface area contributed by atoms with Crippen molar-refractivity contribution >= 4 is 17.5 Å². The molecule has 2 aromatic rings. The van der Waals surface area contributed by atoms with Gasteiger partial charge in [-0.2, -0.15) is 5.26 Å². The van der Waals surface area contributed by atoms with Crippen LogP contribution >= 0.6 is 0 Å². The fourth-order valence-corrected chi connectivity index (χ4v) is 3.46. The van der Waals surface area contributed by atoms with Gasteiger partial charge in [0.15, 0.2) is 0 Å². The van der Waals surface area contributed by atoms with E-state index in [0.717, 1.165) is 19.4 Å². The fraction of sp³-hybridized carbons (Fsp3) is 0.364. The van der Waals surface area contributed by atoms with E-state index in [9.17, 15) is 14.4 Å². The Kier molecular flexibility index (Phi) is 6.65. The Hall–Kier alpha value is -3.44. The number of ether oxygens (including phenoxy) is 1. The molecule has 0 spiro atoms. The first-order valence-corrected chi connectivity index (χ1v) is 9.80. The molecule has 1 aliphatic rings. The number of anilines is 1. The molecular weight excluding hydrogens is 384 g/mol. The van der Waals surface area contributed by atoms with Crippen LogP contribution in [0.25, 0.3) is 0 Å². The third kappa shape index (κ3) is 4.93. The molecule has 1 fully saturated rings. The molecule has 3 rings (SSSR count). The smallest absolute Gasteiger partial charge is 0.269 e. The van der Waals surface area contributed by atoms with E-state index in [1.807, 2.05) is 6.07 Å². The van der Waals surface area contributed by atoms with Crippen molar-refractivity contribution in [2.45, 2.75) is 39.3 Å². The number of nitrogens with one attached hydrogen (secondary N) is 2. The lowest BCUT2D eigenvalue weighted by Crippen LogP contribution is -2.32.